The van der Waals surface area contributed by atoms with E-state index in [0.29, 0.717) is 38.2 Å². The molecule has 8 nitrogen and oxygen atoms in total. The number of hydrogen-bond acceptors (Lipinski definition) is 5. The van der Waals surface area contributed by atoms with E-state index in [0.717, 1.165) is 23.9 Å². The number of ether oxygens (including phenoxy) is 1. The van der Waals surface area contributed by atoms with Gasteiger partial charge in [-0.2, -0.15) is 0 Å². The van der Waals surface area contributed by atoms with Gasteiger partial charge in [0.15, 0.2) is 0 Å². The molecule has 1 atom stereocenters. The number of imidazole rings is 1. The fourth-order valence-corrected chi connectivity index (χ4v) is 4.09. The minimum Gasteiger partial charge on any atom is -0.441 e. The average Bonchev–Trinajstić information content (AvgIpc) is 3.10. The third-order valence-corrected chi connectivity index (χ3v) is 5.53. The molecule has 27 heavy (non-hydrogen) atoms. The number of aromatic nitrogens is 2. The molecule has 1 N–H and O–H groups in total. The molecule has 2 saturated heterocycles. The van der Waals surface area contributed by atoms with Crippen molar-refractivity contribution in [2.45, 2.75) is 31.4 Å². The van der Waals surface area contributed by atoms with Crippen molar-refractivity contribution in [3.05, 3.63) is 30.1 Å². The van der Waals surface area contributed by atoms with E-state index in [1.807, 2.05) is 21.6 Å². The lowest BCUT2D eigenvalue weighted by Crippen LogP contribution is -2.36. The van der Waals surface area contributed by atoms with Gasteiger partial charge >= 0.3 is 6.09 Å². The molecule has 2 aliphatic heterocycles. The summed E-state index contributed by atoms with van der Waals surface area (Å²) < 4.78 is 7.48. The van der Waals surface area contributed by atoms with Crippen molar-refractivity contribution >= 4 is 23.0 Å². The summed E-state index contributed by atoms with van der Waals surface area (Å²) in [5.74, 6) is -0.0247. The fourth-order valence-electron chi connectivity index (χ4n) is 4.09. The number of carbonyl (C=O) groups is 2. The standard InChI is InChI=1S/C19H24N4O4/c1-21-12-19(27-18(21)26)5-2-7-22(8-6-19)17(25)14-3-4-16-15(11-14)20-13-23(16)9-10-24/h3-4,11,13,24H,2,5-10,12H2,1H3. The van der Waals surface area contributed by atoms with E-state index in [4.69, 9.17) is 9.84 Å². The van der Waals surface area contributed by atoms with E-state index in [-0.39, 0.29) is 18.6 Å². The first kappa shape index (κ1) is 17.8. The predicted molar refractivity (Wildman–Crippen MR) is 98.4 cm³/mol. The molecule has 0 saturated carbocycles. The summed E-state index contributed by atoms with van der Waals surface area (Å²) in [6.45, 7) is 2.32. The second kappa shape index (κ2) is 6.84. The van der Waals surface area contributed by atoms with Gasteiger partial charge in [0.05, 0.1) is 30.5 Å². The number of hydrogen-bond donors (Lipinski definition) is 1. The Morgan fingerprint density at radius 2 is 2.19 bits per heavy atom. The number of aliphatic hydroxyl groups is 1. The lowest BCUT2D eigenvalue weighted by atomic mass is 9.95. The average molecular weight is 372 g/mol. The quantitative estimate of drug-likeness (QED) is 0.882. The van der Waals surface area contributed by atoms with Crippen molar-refractivity contribution in [2.24, 2.45) is 0 Å². The number of rotatable bonds is 3. The number of fused-ring (bicyclic) bond motifs is 1. The number of nitrogens with zero attached hydrogens (tertiary/aromatic N) is 4. The summed E-state index contributed by atoms with van der Waals surface area (Å²) in [5.41, 5.74) is 1.78. The van der Waals surface area contributed by atoms with E-state index in [1.165, 1.54) is 0 Å². The van der Waals surface area contributed by atoms with Gasteiger partial charge < -0.3 is 24.2 Å². The largest absolute Gasteiger partial charge is 0.441 e. The molecular formula is C19H24N4O4. The van der Waals surface area contributed by atoms with Crippen LogP contribution in [0.3, 0.4) is 0 Å². The minimum atomic E-state index is -0.464. The number of likely N-dealkylation sites (tertiary alicyclic amines) is 1. The Hall–Kier alpha value is -2.61. The molecule has 2 aromatic rings. The highest BCUT2D eigenvalue weighted by Crippen LogP contribution is 2.33. The summed E-state index contributed by atoms with van der Waals surface area (Å²) in [7, 11) is 1.75. The summed E-state index contributed by atoms with van der Waals surface area (Å²) in [6.07, 6.45) is 3.63. The first-order valence-corrected chi connectivity index (χ1v) is 9.30. The molecule has 3 heterocycles. The second-order valence-electron chi connectivity index (χ2n) is 7.42. The molecule has 2 aliphatic rings. The van der Waals surface area contributed by atoms with Crippen LogP contribution in [0.4, 0.5) is 4.79 Å². The zero-order valence-corrected chi connectivity index (χ0v) is 15.4. The molecule has 0 bridgehead atoms. The van der Waals surface area contributed by atoms with Gasteiger partial charge in [0, 0.05) is 38.7 Å². The van der Waals surface area contributed by atoms with Crippen LogP contribution in [0.15, 0.2) is 24.5 Å². The first-order chi connectivity index (χ1) is 13.0. The Bertz CT molecular complexity index is 880. The SMILES string of the molecule is CN1CC2(CCCN(C(=O)c3ccc4c(c3)ncn4CCO)CC2)OC1=O. The molecule has 144 valence electrons. The van der Waals surface area contributed by atoms with Gasteiger partial charge in [0.2, 0.25) is 0 Å². The first-order valence-electron chi connectivity index (χ1n) is 9.30. The lowest BCUT2D eigenvalue weighted by Gasteiger charge is -2.25. The van der Waals surface area contributed by atoms with E-state index in [2.05, 4.69) is 4.98 Å². The van der Waals surface area contributed by atoms with Crippen molar-refractivity contribution in [3.63, 3.8) is 0 Å². The number of amides is 2. The van der Waals surface area contributed by atoms with Crippen LogP contribution < -0.4 is 0 Å². The van der Waals surface area contributed by atoms with Crippen molar-refractivity contribution in [2.75, 3.05) is 33.3 Å². The number of likely N-dealkylation sites (N-methyl/N-ethyl adjacent to an activating group) is 1. The van der Waals surface area contributed by atoms with Crippen LogP contribution in [-0.4, -0.2) is 75.3 Å². The van der Waals surface area contributed by atoms with Gasteiger partial charge in [0.25, 0.3) is 5.91 Å². The molecule has 1 aromatic heterocycles. The summed E-state index contributed by atoms with van der Waals surface area (Å²) in [4.78, 5) is 32.5. The molecule has 2 fully saturated rings. The van der Waals surface area contributed by atoms with Crippen molar-refractivity contribution in [1.82, 2.24) is 19.4 Å². The van der Waals surface area contributed by atoms with Crippen LogP contribution >= 0.6 is 0 Å². The summed E-state index contributed by atoms with van der Waals surface area (Å²) in [5, 5.41) is 9.11. The summed E-state index contributed by atoms with van der Waals surface area (Å²) in [6, 6.07) is 5.48. The van der Waals surface area contributed by atoms with Gasteiger partial charge in [-0.1, -0.05) is 0 Å². The molecule has 8 heteroatoms. The lowest BCUT2D eigenvalue weighted by molar-refractivity contribution is 0.0438. The fraction of sp³-hybridized carbons (Fsp3) is 0.526. The van der Waals surface area contributed by atoms with E-state index < -0.39 is 5.60 Å². The van der Waals surface area contributed by atoms with Crippen LogP contribution in [-0.2, 0) is 11.3 Å². The molecule has 0 aliphatic carbocycles. The molecule has 1 aromatic carbocycles. The Balaban J connectivity index is 1.49. The van der Waals surface area contributed by atoms with Gasteiger partial charge in [0.1, 0.15) is 5.60 Å². The van der Waals surface area contributed by atoms with Gasteiger partial charge in [-0.25, -0.2) is 9.78 Å². The Labute approximate surface area is 157 Å². The second-order valence-corrected chi connectivity index (χ2v) is 7.42. The zero-order chi connectivity index (χ0) is 19.0. The van der Waals surface area contributed by atoms with Gasteiger partial charge in [-0.05, 0) is 31.0 Å². The molecule has 0 radical (unpaired) electrons. The predicted octanol–water partition coefficient (Wildman–Crippen LogP) is 1.48. The van der Waals surface area contributed by atoms with Crippen LogP contribution in [0.5, 0.6) is 0 Å². The third kappa shape index (κ3) is 3.25. The Morgan fingerprint density at radius 1 is 1.33 bits per heavy atom. The smallest absolute Gasteiger partial charge is 0.410 e. The topological polar surface area (TPSA) is 87.9 Å². The molecular weight excluding hydrogens is 348 g/mol. The highest BCUT2D eigenvalue weighted by atomic mass is 16.6. The highest BCUT2D eigenvalue weighted by molar-refractivity contribution is 5.97. The van der Waals surface area contributed by atoms with Crippen molar-refractivity contribution in [3.8, 4) is 0 Å². The summed E-state index contributed by atoms with van der Waals surface area (Å²) >= 11 is 0. The molecule has 1 spiro atoms. The number of aliphatic hydroxyl groups excluding tert-OH is 1. The van der Waals surface area contributed by atoms with Crippen LogP contribution in [0.1, 0.15) is 29.6 Å². The Kier molecular flexibility index (Phi) is 4.51. The van der Waals surface area contributed by atoms with E-state index >= 15 is 0 Å². The Morgan fingerprint density at radius 3 is 2.93 bits per heavy atom. The van der Waals surface area contributed by atoms with Gasteiger partial charge in [-0.15, -0.1) is 0 Å². The van der Waals surface area contributed by atoms with E-state index in [1.54, 1.807) is 24.3 Å². The highest BCUT2D eigenvalue weighted by Gasteiger charge is 2.44. The minimum absolute atomic E-state index is 0.0247. The van der Waals surface area contributed by atoms with Crippen LogP contribution in [0.2, 0.25) is 0 Å². The maximum Gasteiger partial charge on any atom is 0.410 e. The maximum atomic E-state index is 13.0. The van der Waals surface area contributed by atoms with Crippen LogP contribution in [0.25, 0.3) is 11.0 Å². The molecule has 2 amide bonds. The van der Waals surface area contributed by atoms with E-state index in [9.17, 15) is 9.59 Å². The maximum absolute atomic E-state index is 13.0. The number of carbonyl (C=O) groups excluding carboxylic acids is 2. The van der Waals surface area contributed by atoms with Crippen molar-refractivity contribution < 1.29 is 19.4 Å². The third-order valence-electron chi connectivity index (χ3n) is 5.53. The van der Waals surface area contributed by atoms with Crippen molar-refractivity contribution in [1.29, 1.82) is 0 Å². The molecule has 1 unspecified atom stereocenters. The van der Waals surface area contributed by atoms with Gasteiger partial charge in [-0.3, -0.25) is 4.79 Å². The normalized spacial score (nSPS) is 23.1. The van der Waals surface area contributed by atoms with Crippen LogP contribution in [0, 0.1) is 0 Å². The zero-order valence-electron chi connectivity index (χ0n) is 15.4. The monoisotopic (exact) mass is 372 g/mol. The number of benzene rings is 1. The molecule has 4 rings (SSSR count).